The van der Waals surface area contributed by atoms with Gasteiger partial charge in [-0.1, -0.05) is 64.5 Å². The summed E-state index contributed by atoms with van der Waals surface area (Å²) in [6.45, 7) is 2.23. The molecule has 0 radical (unpaired) electrons. The maximum Gasteiger partial charge on any atom is 0.249 e. The predicted molar refractivity (Wildman–Crippen MR) is 128 cm³/mol. The van der Waals surface area contributed by atoms with Gasteiger partial charge in [0.05, 0.1) is 12.6 Å². The number of nitrogens with zero attached hydrogens (tertiary/aromatic N) is 1. The molecular formula is C25H26BrN3O2. The Balaban J connectivity index is 1.72. The Bertz CT molecular complexity index is 1130. The van der Waals surface area contributed by atoms with Gasteiger partial charge in [-0.2, -0.15) is 0 Å². The highest BCUT2D eigenvalue weighted by Crippen LogP contribution is 2.32. The van der Waals surface area contributed by atoms with Crippen LogP contribution in [0.15, 0.2) is 65.1 Å². The number of hydrogen-bond donors (Lipinski definition) is 2. The topological polar surface area (TPSA) is 61.4 Å². The lowest BCUT2D eigenvalue weighted by Gasteiger charge is -2.27. The molecule has 4 rings (SSSR count). The first-order chi connectivity index (χ1) is 15.0. The summed E-state index contributed by atoms with van der Waals surface area (Å²) in [7, 11) is 1.74. The number of halogens is 1. The smallest absolute Gasteiger partial charge is 0.249 e. The van der Waals surface area contributed by atoms with Crippen LogP contribution in [0.25, 0.3) is 10.8 Å². The molecular weight excluding hydrogens is 454 g/mol. The Morgan fingerprint density at radius 3 is 2.65 bits per heavy atom. The summed E-state index contributed by atoms with van der Waals surface area (Å²) < 4.78 is 1.03. The summed E-state index contributed by atoms with van der Waals surface area (Å²) in [5.74, 6) is -0.241. The molecule has 2 unspecified atom stereocenters. The van der Waals surface area contributed by atoms with E-state index in [0.717, 1.165) is 38.5 Å². The number of aryl methyl sites for hydroxylation is 1. The molecule has 3 aromatic rings. The largest absolute Gasteiger partial charge is 0.343 e. The van der Waals surface area contributed by atoms with Crippen LogP contribution in [0, 0.1) is 0 Å². The number of benzene rings is 3. The van der Waals surface area contributed by atoms with E-state index in [1.165, 1.54) is 0 Å². The van der Waals surface area contributed by atoms with Crippen LogP contribution >= 0.6 is 15.9 Å². The fourth-order valence-corrected chi connectivity index (χ4v) is 4.58. The van der Waals surface area contributed by atoms with Crippen molar-refractivity contribution in [3.05, 3.63) is 76.3 Å². The zero-order chi connectivity index (χ0) is 22.0. The monoisotopic (exact) mass is 479 g/mol. The molecule has 5 nitrogen and oxygen atoms in total. The van der Waals surface area contributed by atoms with Gasteiger partial charge in [-0.15, -0.1) is 0 Å². The highest BCUT2D eigenvalue weighted by molar-refractivity contribution is 9.10. The lowest BCUT2D eigenvalue weighted by atomic mass is 10.0. The van der Waals surface area contributed by atoms with Crippen molar-refractivity contribution in [1.82, 2.24) is 10.6 Å². The molecule has 31 heavy (non-hydrogen) atoms. The Hall–Kier alpha value is -2.70. The van der Waals surface area contributed by atoms with Crippen molar-refractivity contribution in [1.29, 1.82) is 0 Å². The number of rotatable bonds is 5. The molecule has 160 valence electrons. The van der Waals surface area contributed by atoms with Crippen LogP contribution in [0.1, 0.15) is 24.5 Å². The van der Waals surface area contributed by atoms with Crippen molar-refractivity contribution in [2.75, 3.05) is 11.9 Å². The third-order valence-corrected chi connectivity index (χ3v) is 6.67. The molecule has 1 aliphatic heterocycles. The van der Waals surface area contributed by atoms with Crippen LogP contribution in [0.2, 0.25) is 0 Å². The Labute approximate surface area is 190 Å². The van der Waals surface area contributed by atoms with Crippen LogP contribution in [0.5, 0.6) is 0 Å². The molecule has 1 heterocycles. The van der Waals surface area contributed by atoms with Gasteiger partial charge < -0.3 is 15.5 Å². The first kappa shape index (κ1) is 21.5. The minimum Gasteiger partial charge on any atom is -0.343 e. The molecule has 3 aromatic carbocycles. The Kier molecular flexibility index (Phi) is 6.39. The molecule has 2 N–H and O–H groups in total. The van der Waals surface area contributed by atoms with Crippen LogP contribution in [0.4, 0.5) is 5.69 Å². The van der Waals surface area contributed by atoms with Gasteiger partial charge in [0, 0.05) is 10.2 Å². The zero-order valence-electron chi connectivity index (χ0n) is 17.7. The predicted octanol–water partition coefficient (Wildman–Crippen LogP) is 4.17. The summed E-state index contributed by atoms with van der Waals surface area (Å²) in [5, 5.41) is 8.11. The van der Waals surface area contributed by atoms with E-state index in [9.17, 15) is 9.59 Å². The molecule has 0 saturated heterocycles. The number of amides is 2. The Morgan fingerprint density at radius 2 is 1.84 bits per heavy atom. The van der Waals surface area contributed by atoms with Crippen molar-refractivity contribution >= 4 is 44.2 Å². The minimum absolute atomic E-state index is 0.0754. The van der Waals surface area contributed by atoms with Crippen molar-refractivity contribution in [3.63, 3.8) is 0 Å². The molecule has 2 atom stereocenters. The zero-order valence-corrected chi connectivity index (χ0v) is 19.3. The molecule has 2 amide bonds. The molecule has 0 bridgehead atoms. The number of hydrogen-bond acceptors (Lipinski definition) is 3. The van der Waals surface area contributed by atoms with Crippen LogP contribution in [0.3, 0.4) is 0 Å². The average molecular weight is 480 g/mol. The van der Waals surface area contributed by atoms with E-state index in [1.54, 1.807) is 14.0 Å². The second-order valence-corrected chi connectivity index (χ2v) is 8.77. The number of carbonyl (C=O) groups is 2. The van der Waals surface area contributed by atoms with Crippen LogP contribution in [-0.2, 0) is 22.6 Å². The maximum atomic E-state index is 13.6. The SMILES string of the molecule is CNC(C)C(=O)NC1CCc2ccccc2N(Cc2cccc3c(Br)cccc23)C1=O. The van der Waals surface area contributed by atoms with E-state index in [2.05, 4.69) is 50.8 Å². The van der Waals surface area contributed by atoms with Crippen molar-refractivity contribution < 1.29 is 9.59 Å². The number of carbonyl (C=O) groups excluding carboxylic acids is 2. The van der Waals surface area contributed by atoms with Gasteiger partial charge in [-0.3, -0.25) is 9.59 Å². The van der Waals surface area contributed by atoms with Gasteiger partial charge in [-0.05, 0) is 60.8 Å². The summed E-state index contributed by atoms with van der Waals surface area (Å²) in [4.78, 5) is 28.0. The number of fused-ring (bicyclic) bond motifs is 2. The fourth-order valence-electron chi connectivity index (χ4n) is 4.09. The van der Waals surface area contributed by atoms with Crippen LogP contribution in [-0.4, -0.2) is 30.9 Å². The Morgan fingerprint density at radius 1 is 1.10 bits per heavy atom. The first-order valence-electron chi connectivity index (χ1n) is 10.5. The summed E-state index contributed by atoms with van der Waals surface area (Å²) in [6, 6.07) is 19.4. The normalized spacial score (nSPS) is 17.2. The van der Waals surface area contributed by atoms with Gasteiger partial charge in [0.15, 0.2) is 0 Å². The lowest BCUT2D eigenvalue weighted by molar-refractivity contribution is -0.128. The molecule has 6 heteroatoms. The number of nitrogens with one attached hydrogen (secondary N) is 2. The van der Waals surface area contributed by atoms with Gasteiger partial charge >= 0.3 is 0 Å². The summed E-state index contributed by atoms with van der Waals surface area (Å²) in [6.07, 6.45) is 1.31. The summed E-state index contributed by atoms with van der Waals surface area (Å²) in [5.41, 5.74) is 3.10. The molecule has 1 aliphatic rings. The van der Waals surface area contributed by atoms with E-state index in [-0.39, 0.29) is 17.9 Å². The van der Waals surface area contributed by atoms with Crippen molar-refractivity contribution in [3.8, 4) is 0 Å². The lowest BCUT2D eigenvalue weighted by Crippen LogP contribution is -2.52. The molecule has 0 saturated carbocycles. The second kappa shape index (κ2) is 9.20. The number of para-hydroxylation sites is 1. The fraction of sp³-hybridized carbons (Fsp3) is 0.280. The third-order valence-electron chi connectivity index (χ3n) is 5.98. The van der Waals surface area contributed by atoms with E-state index in [0.29, 0.717) is 13.0 Å². The average Bonchev–Trinajstić information content (AvgIpc) is 2.91. The van der Waals surface area contributed by atoms with Gasteiger partial charge in [0.25, 0.3) is 0 Å². The molecule has 0 spiro atoms. The van der Waals surface area contributed by atoms with Crippen molar-refractivity contribution in [2.24, 2.45) is 0 Å². The van der Waals surface area contributed by atoms with Crippen molar-refractivity contribution in [2.45, 2.75) is 38.4 Å². The highest BCUT2D eigenvalue weighted by atomic mass is 79.9. The standard InChI is InChI=1S/C25H26BrN3O2/c1-16(27-2)24(30)28-22-14-13-17-7-3-4-12-23(17)29(25(22)31)15-18-8-5-10-20-19(18)9-6-11-21(20)26/h3-12,16,22,27H,13-15H2,1-2H3,(H,28,30). The first-order valence-corrected chi connectivity index (χ1v) is 11.3. The third kappa shape index (κ3) is 4.36. The maximum absolute atomic E-state index is 13.6. The second-order valence-electron chi connectivity index (χ2n) is 7.92. The minimum atomic E-state index is -0.558. The molecule has 0 aromatic heterocycles. The molecule has 0 aliphatic carbocycles. The molecule has 0 fully saturated rings. The van der Waals surface area contributed by atoms with Gasteiger partial charge in [-0.25, -0.2) is 0 Å². The van der Waals surface area contributed by atoms with E-state index in [1.807, 2.05) is 41.3 Å². The summed E-state index contributed by atoms with van der Waals surface area (Å²) >= 11 is 3.63. The number of anilines is 1. The van der Waals surface area contributed by atoms with Gasteiger partial charge in [0.2, 0.25) is 11.8 Å². The van der Waals surface area contributed by atoms with Gasteiger partial charge in [0.1, 0.15) is 6.04 Å². The van der Waals surface area contributed by atoms with E-state index in [4.69, 9.17) is 0 Å². The van der Waals surface area contributed by atoms with Crippen LogP contribution < -0.4 is 15.5 Å². The quantitative estimate of drug-likeness (QED) is 0.576. The van der Waals surface area contributed by atoms with E-state index < -0.39 is 6.04 Å². The highest BCUT2D eigenvalue weighted by Gasteiger charge is 2.32. The van der Waals surface area contributed by atoms with E-state index >= 15 is 0 Å². The number of likely N-dealkylation sites (N-methyl/N-ethyl adjacent to an activating group) is 1.